The number of nitrogens with one attached hydrogen (secondary N) is 1. The fraction of sp³-hybridized carbons (Fsp3) is 1.00. The van der Waals surface area contributed by atoms with Crippen LogP contribution in [0, 0.1) is 0 Å². The van der Waals surface area contributed by atoms with Crippen molar-refractivity contribution in [1.82, 2.24) is 5.32 Å². The monoisotopic (exact) mass is 185 g/mol. The molecule has 1 saturated heterocycles. The first kappa shape index (κ1) is 9.44. The fourth-order valence-corrected chi connectivity index (χ4v) is 1.84. The van der Waals surface area contributed by atoms with Crippen LogP contribution in [0.1, 0.15) is 32.1 Å². The molecule has 2 fully saturated rings. The van der Waals surface area contributed by atoms with Crippen LogP contribution in [0.5, 0.6) is 0 Å². The van der Waals surface area contributed by atoms with Crippen LogP contribution in [-0.4, -0.2) is 32.1 Å². The van der Waals surface area contributed by atoms with Crippen LogP contribution in [0.4, 0.5) is 0 Å². The molecule has 3 nitrogen and oxygen atoms in total. The lowest BCUT2D eigenvalue weighted by Crippen LogP contribution is -2.48. The summed E-state index contributed by atoms with van der Waals surface area (Å²) in [5.74, 6) is 0. The molecule has 1 aliphatic carbocycles. The first-order valence-corrected chi connectivity index (χ1v) is 5.39. The molecule has 3 heteroatoms. The maximum absolute atomic E-state index is 5.64. The van der Waals surface area contributed by atoms with Gasteiger partial charge in [-0.3, -0.25) is 0 Å². The van der Waals surface area contributed by atoms with Gasteiger partial charge in [-0.05, 0) is 12.8 Å². The van der Waals surface area contributed by atoms with E-state index in [0.717, 1.165) is 13.1 Å². The molecule has 0 atom stereocenters. The molecule has 0 unspecified atom stereocenters. The summed E-state index contributed by atoms with van der Waals surface area (Å²) in [5.41, 5.74) is 0. The number of hydrogen-bond acceptors (Lipinski definition) is 3. The standard InChI is InChI=1S/C10H19NO2/c1-2-4-9(5-3-1)12-8-13-10-6-11-7-10/h9-11H,1-8H2. The van der Waals surface area contributed by atoms with Gasteiger partial charge in [-0.15, -0.1) is 0 Å². The Kier molecular flexibility index (Phi) is 3.58. The molecular formula is C10H19NO2. The third-order valence-corrected chi connectivity index (χ3v) is 2.90. The molecule has 1 saturated carbocycles. The van der Waals surface area contributed by atoms with Gasteiger partial charge in [-0.1, -0.05) is 19.3 Å². The molecule has 0 spiro atoms. The lowest BCUT2D eigenvalue weighted by molar-refractivity contribution is -0.134. The van der Waals surface area contributed by atoms with Crippen molar-refractivity contribution in [3.8, 4) is 0 Å². The highest BCUT2D eigenvalue weighted by Crippen LogP contribution is 2.20. The van der Waals surface area contributed by atoms with Crippen LogP contribution in [0.2, 0.25) is 0 Å². The molecule has 2 rings (SSSR count). The molecule has 0 radical (unpaired) electrons. The average molecular weight is 185 g/mol. The zero-order valence-corrected chi connectivity index (χ0v) is 8.13. The van der Waals surface area contributed by atoms with Crippen molar-refractivity contribution in [2.24, 2.45) is 0 Å². The second-order valence-corrected chi connectivity index (χ2v) is 3.99. The van der Waals surface area contributed by atoms with E-state index in [4.69, 9.17) is 9.47 Å². The number of rotatable bonds is 4. The van der Waals surface area contributed by atoms with E-state index < -0.39 is 0 Å². The SMILES string of the molecule is C1CCC(OCOC2CNC2)CC1. The molecule has 2 aliphatic rings. The molecule has 0 aromatic rings. The van der Waals surface area contributed by atoms with Crippen molar-refractivity contribution >= 4 is 0 Å². The van der Waals surface area contributed by atoms with Gasteiger partial charge in [0.2, 0.25) is 0 Å². The Morgan fingerprint density at radius 3 is 2.23 bits per heavy atom. The minimum absolute atomic E-state index is 0.406. The second-order valence-electron chi connectivity index (χ2n) is 3.99. The first-order valence-electron chi connectivity index (χ1n) is 5.39. The Hall–Kier alpha value is -0.120. The normalized spacial score (nSPS) is 25.8. The van der Waals surface area contributed by atoms with E-state index in [1.807, 2.05) is 0 Å². The molecule has 13 heavy (non-hydrogen) atoms. The lowest BCUT2D eigenvalue weighted by Gasteiger charge is -2.28. The molecule has 0 aromatic carbocycles. The van der Waals surface area contributed by atoms with Crippen molar-refractivity contribution < 1.29 is 9.47 Å². The zero-order chi connectivity index (χ0) is 8.93. The van der Waals surface area contributed by atoms with Crippen molar-refractivity contribution in [1.29, 1.82) is 0 Å². The van der Waals surface area contributed by atoms with Gasteiger partial charge in [-0.25, -0.2) is 0 Å². The third kappa shape index (κ3) is 2.93. The summed E-state index contributed by atoms with van der Waals surface area (Å²) in [6.45, 7) is 2.49. The summed E-state index contributed by atoms with van der Waals surface area (Å²) >= 11 is 0. The molecule has 1 N–H and O–H groups in total. The minimum atomic E-state index is 0.406. The Morgan fingerprint density at radius 1 is 0.923 bits per heavy atom. The Morgan fingerprint density at radius 2 is 1.62 bits per heavy atom. The maximum Gasteiger partial charge on any atom is 0.147 e. The molecule has 0 bridgehead atoms. The van der Waals surface area contributed by atoms with E-state index >= 15 is 0 Å². The summed E-state index contributed by atoms with van der Waals surface area (Å²) in [6, 6.07) is 0. The van der Waals surface area contributed by atoms with E-state index in [9.17, 15) is 0 Å². The van der Waals surface area contributed by atoms with E-state index in [1.54, 1.807) is 0 Å². The number of ether oxygens (including phenoxy) is 2. The quantitative estimate of drug-likeness (QED) is 0.669. The van der Waals surface area contributed by atoms with Crippen molar-refractivity contribution in [3.05, 3.63) is 0 Å². The van der Waals surface area contributed by atoms with Gasteiger partial charge in [0.15, 0.2) is 0 Å². The highest BCUT2D eigenvalue weighted by Gasteiger charge is 2.18. The van der Waals surface area contributed by atoms with E-state index in [1.165, 1.54) is 32.1 Å². The van der Waals surface area contributed by atoms with Gasteiger partial charge in [0.25, 0.3) is 0 Å². The Balaban J connectivity index is 1.50. The molecule has 0 aromatic heterocycles. The molecule has 0 amide bonds. The van der Waals surface area contributed by atoms with Gasteiger partial charge in [0, 0.05) is 13.1 Å². The summed E-state index contributed by atoms with van der Waals surface area (Å²) in [7, 11) is 0. The zero-order valence-electron chi connectivity index (χ0n) is 8.13. The predicted octanol–water partition coefficient (Wildman–Crippen LogP) is 1.28. The largest absolute Gasteiger partial charge is 0.352 e. The fourth-order valence-electron chi connectivity index (χ4n) is 1.84. The first-order chi connectivity index (χ1) is 6.45. The van der Waals surface area contributed by atoms with Gasteiger partial charge < -0.3 is 14.8 Å². The highest BCUT2D eigenvalue weighted by molar-refractivity contribution is 4.74. The topological polar surface area (TPSA) is 30.5 Å². The van der Waals surface area contributed by atoms with Crippen LogP contribution >= 0.6 is 0 Å². The van der Waals surface area contributed by atoms with Crippen LogP contribution in [0.15, 0.2) is 0 Å². The van der Waals surface area contributed by atoms with Gasteiger partial charge in [0.1, 0.15) is 6.79 Å². The smallest absolute Gasteiger partial charge is 0.147 e. The Labute approximate surface area is 79.8 Å². The minimum Gasteiger partial charge on any atom is -0.352 e. The second kappa shape index (κ2) is 4.94. The highest BCUT2D eigenvalue weighted by atomic mass is 16.7. The lowest BCUT2D eigenvalue weighted by atomic mass is 9.98. The summed E-state index contributed by atoms with van der Waals surface area (Å²) in [6.07, 6.45) is 7.38. The van der Waals surface area contributed by atoms with Gasteiger partial charge in [0.05, 0.1) is 12.2 Å². The third-order valence-electron chi connectivity index (χ3n) is 2.90. The molecule has 1 heterocycles. The van der Waals surface area contributed by atoms with E-state index in [-0.39, 0.29) is 0 Å². The summed E-state index contributed by atoms with van der Waals surface area (Å²) in [4.78, 5) is 0. The van der Waals surface area contributed by atoms with Crippen molar-refractivity contribution in [3.63, 3.8) is 0 Å². The molecule has 76 valence electrons. The molecule has 1 aliphatic heterocycles. The van der Waals surface area contributed by atoms with E-state index in [0.29, 0.717) is 19.0 Å². The van der Waals surface area contributed by atoms with Crippen LogP contribution < -0.4 is 5.32 Å². The van der Waals surface area contributed by atoms with Crippen molar-refractivity contribution in [2.45, 2.75) is 44.3 Å². The van der Waals surface area contributed by atoms with E-state index in [2.05, 4.69) is 5.32 Å². The van der Waals surface area contributed by atoms with Gasteiger partial charge >= 0.3 is 0 Å². The summed E-state index contributed by atoms with van der Waals surface area (Å²) < 4.78 is 11.1. The number of hydrogen-bond donors (Lipinski definition) is 1. The van der Waals surface area contributed by atoms with Crippen LogP contribution in [0.3, 0.4) is 0 Å². The average Bonchev–Trinajstić information content (AvgIpc) is 2.11. The molecular weight excluding hydrogens is 166 g/mol. The van der Waals surface area contributed by atoms with Crippen LogP contribution in [0.25, 0.3) is 0 Å². The predicted molar refractivity (Wildman–Crippen MR) is 50.6 cm³/mol. The van der Waals surface area contributed by atoms with Crippen LogP contribution in [-0.2, 0) is 9.47 Å². The van der Waals surface area contributed by atoms with Crippen molar-refractivity contribution in [2.75, 3.05) is 19.9 Å². The van der Waals surface area contributed by atoms with Gasteiger partial charge in [-0.2, -0.15) is 0 Å². The summed E-state index contributed by atoms with van der Waals surface area (Å²) in [5, 5.41) is 3.17. The maximum atomic E-state index is 5.64. The Bertz CT molecular complexity index is 142.